The minimum Gasteiger partial charge on any atom is -0.508 e. The summed E-state index contributed by atoms with van der Waals surface area (Å²) in [5.74, 6) is -9.64. The molecule has 0 heterocycles. The van der Waals surface area contributed by atoms with Crippen LogP contribution in [0.1, 0.15) is 24.8 Å². The zero-order chi connectivity index (χ0) is 40.1. The highest BCUT2D eigenvalue weighted by Crippen LogP contribution is 2.13. The van der Waals surface area contributed by atoms with Crippen molar-refractivity contribution in [2.75, 3.05) is 72.0 Å². The van der Waals surface area contributed by atoms with E-state index in [9.17, 15) is 63.9 Å². The summed E-state index contributed by atoms with van der Waals surface area (Å²) < 4.78 is -1.04. The molecule has 22 heteroatoms. The van der Waals surface area contributed by atoms with Crippen LogP contribution in [-0.2, 0) is 44.8 Å². The fourth-order valence-electron chi connectivity index (χ4n) is 5.27. The minimum atomic E-state index is -1.51. The molecule has 0 aliphatic rings. The van der Waals surface area contributed by atoms with E-state index in [4.69, 9.17) is 15.9 Å². The molecule has 1 aromatic carbocycles. The van der Waals surface area contributed by atoms with Gasteiger partial charge < -0.3 is 52.1 Å². The molecule has 296 valence electrons. The molecule has 2 amide bonds. The number of unbranched alkanes of at least 4 members (excludes halogenated alkanes) is 1. The number of aliphatic carboxylic acids is 6. The molecule has 0 aromatic heterocycles. The number of nitrogens with two attached hydrogens (primary N) is 1. The van der Waals surface area contributed by atoms with Crippen LogP contribution < -0.4 is 21.8 Å². The fraction of sp³-hybridized carbons (Fsp3) is 0.548. The van der Waals surface area contributed by atoms with Gasteiger partial charge >= 0.3 is 35.8 Å². The number of carboxylic acids is 6. The number of amides is 2. The van der Waals surface area contributed by atoms with Crippen LogP contribution in [-0.4, -0.2) is 182 Å². The van der Waals surface area contributed by atoms with E-state index in [1.165, 1.54) is 17.0 Å². The molecule has 0 aliphatic carbocycles. The van der Waals surface area contributed by atoms with E-state index in [1.807, 2.05) is 0 Å². The van der Waals surface area contributed by atoms with E-state index in [2.05, 4.69) is 16.1 Å². The zero-order valence-electron chi connectivity index (χ0n) is 28.9. The third-order valence-corrected chi connectivity index (χ3v) is 7.69. The Morgan fingerprint density at radius 1 is 0.698 bits per heavy atom. The minimum absolute atomic E-state index is 0.00741. The molecular formula is C31H48N7O15+. The lowest BCUT2D eigenvalue weighted by Crippen LogP contribution is -2.68. The first-order valence-electron chi connectivity index (χ1n) is 16.3. The Kier molecular flexibility index (Phi) is 20.0. The van der Waals surface area contributed by atoms with Crippen LogP contribution in [0, 0.1) is 0 Å². The Labute approximate surface area is 303 Å². The summed E-state index contributed by atoms with van der Waals surface area (Å²) in [7, 11) is 0. The number of phenols is 1. The number of phenolic OH excluding ortho intramolecular Hbond substituents is 1. The largest absolute Gasteiger partial charge is 0.508 e. The number of nitrogens with zero attached hydrogens (tertiary/aromatic N) is 3. The zero-order valence-corrected chi connectivity index (χ0v) is 28.9. The van der Waals surface area contributed by atoms with E-state index in [1.54, 1.807) is 12.1 Å². The number of benzene rings is 1. The fourth-order valence-corrected chi connectivity index (χ4v) is 5.27. The van der Waals surface area contributed by atoms with E-state index in [-0.39, 0.29) is 64.2 Å². The first kappa shape index (κ1) is 45.6. The summed E-state index contributed by atoms with van der Waals surface area (Å²) in [5, 5.41) is 71.6. The summed E-state index contributed by atoms with van der Waals surface area (Å²) in [6.45, 7) is -5.46. The highest BCUT2D eigenvalue weighted by atomic mass is 16.4. The molecule has 0 saturated carbocycles. The number of carbonyl (C=O) groups excluding carboxylic acids is 2. The maximum Gasteiger partial charge on any atom is 0.361 e. The van der Waals surface area contributed by atoms with Crippen molar-refractivity contribution in [3.05, 3.63) is 29.8 Å². The number of quaternary nitrogens is 1. The van der Waals surface area contributed by atoms with Gasteiger partial charge in [-0.15, -0.1) is 0 Å². The van der Waals surface area contributed by atoms with Gasteiger partial charge in [-0.1, -0.05) is 12.1 Å². The van der Waals surface area contributed by atoms with Gasteiger partial charge in [0.1, 0.15) is 18.3 Å². The lowest BCUT2D eigenvalue weighted by atomic mass is 10.0. The Bertz CT molecular complexity index is 1390. The lowest BCUT2D eigenvalue weighted by molar-refractivity contribution is -0.958. The lowest BCUT2D eigenvalue weighted by Gasteiger charge is -2.38. The summed E-state index contributed by atoms with van der Waals surface area (Å²) >= 11 is 0. The number of rotatable bonds is 29. The molecular weight excluding hydrogens is 710 g/mol. The maximum atomic E-state index is 12.9. The summed E-state index contributed by atoms with van der Waals surface area (Å²) in [6, 6.07) is 3.43. The third-order valence-electron chi connectivity index (χ3n) is 7.69. The van der Waals surface area contributed by atoms with Crippen LogP contribution in [0.3, 0.4) is 0 Å². The van der Waals surface area contributed by atoms with E-state index in [0.29, 0.717) is 5.56 Å². The molecule has 0 radical (unpaired) electrons. The van der Waals surface area contributed by atoms with Crippen LogP contribution in [0.4, 0.5) is 0 Å². The Balaban J connectivity index is 3.04. The molecule has 0 aliphatic heterocycles. The molecule has 0 spiro atoms. The molecule has 2 atom stereocenters. The number of hydrogen-bond acceptors (Lipinski definition) is 13. The quantitative estimate of drug-likeness (QED) is 0.0214. The molecule has 22 nitrogen and oxygen atoms in total. The topological polar surface area (TPSA) is 347 Å². The third kappa shape index (κ3) is 19.7. The molecule has 1 rings (SSSR count). The summed E-state index contributed by atoms with van der Waals surface area (Å²) in [4.78, 5) is 97.1. The summed E-state index contributed by atoms with van der Waals surface area (Å²) in [5.41, 5.74) is 8.60. The predicted molar refractivity (Wildman–Crippen MR) is 180 cm³/mol. The Hall–Kier alpha value is -5.42. The molecule has 53 heavy (non-hydrogen) atoms. The standard InChI is InChI=1S/C31H47N7O15/c32-14-24(40)34-23(13-20-4-6-21(39)7-5-20)30(51)33-8-2-1-3-22(31(52)53)35-38(18-28(47)48,19-29(49)50)12-11-36(15-25(41)42)9-10-37(16-26(43)44)17-27(45)46/h4-7,22-23,35H,1-3,8-19,32H2,(H8-,33,34,39,40,41,42,43,44,45,46,47,48,49,50,51,52,53)/p+1/t22-,23-/m0/s1. The van der Waals surface area contributed by atoms with Crippen molar-refractivity contribution in [2.24, 2.45) is 5.73 Å². The maximum absolute atomic E-state index is 12.9. The molecule has 0 fully saturated rings. The number of carbonyl (C=O) groups is 8. The molecule has 0 unspecified atom stereocenters. The van der Waals surface area contributed by atoms with Gasteiger partial charge in [-0.25, -0.2) is 14.2 Å². The molecule has 0 bridgehead atoms. The van der Waals surface area contributed by atoms with Crippen LogP contribution in [0.2, 0.25) is 0 Å². The van der Waals surface area contributed by atoms with E-state index >= 15 is 0 Å². The highest BCUT2D eigenvalue weighted by Gasteiger charge is 2.39. The second-order valence-electron chi connectivity index (χ2n) is 12.1. The highest BCUT2D eigenvalue weighted by molar-refractivity contribution is 5.88. The second-order valence-corrected chi connectivity index (χ2v) is 12.1. The van der Waals surface area contributed by atoms with Gasteiger partial charge in [0, 0.05) is 26.1 Å². The van der Waals surface area contributed by atoms with Crippen LogP contribution in [0.15, 0.2) is 24.3 Å². The first-order valence-corrected chi connectivity index (χ1v) is 16.3. The van der Waals surface area contributed by atoms with Crippen molar-refractivity contribution in [1.29, 1.82) is 0 Å². The van der Waals surface area contributed by atoms with Crippen LogP contribution in [0.25, 0.3) is 0 Å². The van der Waals surface area contributed by atoms with Gasteiger partial charge in [0.25, 0.3) is 0 Å². The average molecular weight is 759 g/mol. The van der Waals surface area contributed by atoms with Crippen molar-refractivity contribution in [1.82, 2.24) is 25.9 Å². The van der Waals surface area contributed by atoms with Crippen LogP contribution >= 0.6 is 0 Å². The normalized spacial score (nSPS) is 12.5. The molecule has 1 aromatic rings. The van der Waals surface area contributed by atoms with Gasteiger partial charge in [0.2, 0.25) is 11.8 Å². The molecule has 0 saturated heterocycles. The van der Waals surface area contributed by atoms with Gasteiger partial charge in [-0.05, 0) is 37.0 Å². The monoisotopic (exact) mass is 758 g/mol. The first-order chi connectivity index (χ1) is 24.8. The predicted octanol–water partition coefficient (Wildman–Crippen LogP) is -3.53. The summed E-state index contributed by atoms with van der Waals surface area (Å²) in [6.07, 6.45) is 0.254. The van der Waals surface area contributed by atoms with Crippen molar-refractivity contribution in [3.8, 4) is 5.75 Å². The van der Waals surface area contributed by atoms with Gasteiger partial charge in [0.15, 0.2) is 19.1 Å². The SMILES string of the molecule is NCC(=O)N[C@@H](Cc1ccc(O)cc1)C(=O)NCCCC[C@H](N[N+](CCN(CCN(CC(=O)O)CC(=O)O)CC(=O)O)(CC(=O)O)CC(=O)O)C(=O)O. The number of aromatic hydroxyl groups is 1. The van der Waals surface area contributed by atoms with Crippen molar-refractivity contribution < 1.29 is 78.7 Å². The smallest absolute Gasteiger partial charge is 0.361 e. The van der Waals surface area contributed by atoms with Gasteiger partial charge in [-0.2, -0.15) is 5.43 Å². The van der Waals surface area contributed by atoms with Crippen LogP contribution in [0.5, 0.6) is 5.75 Å². The number of hydrogen-bond donors (Lipinski definition) is 11. The Morgan fingerprint density at radius 3 is 1.72 bits per heavy atom. The van der Waals surface area contributed by atoms with Gasteiger partial charge in [0.05, 0.1) is 32.7 Å². The number of nitrogens with one attached hydrogen (secondary N) is 3. The molecule has 12 N–H and O–H groups in total. The van der Waals surface area contributed by atoms with Crippen molar-refractivity contribution >= 4 is 47.6 Å². The van der Waals surface area contributed by atoms with E-state index in [0.717, 1.165) is 4.90 Å². The number of carboxylic acid groups (broad SMARTS) is 6. The van der Waals surface area contributed by atoms with E-state index < -0.39 is 104 Å². The second kappa shape index (κ2) is 23.2. The van der Waals surface area contributed by atoms with Crippen molar-refractivity contribution in [3.63, 3.8) is 0 Å². The van der Waals surface area contributed by atoms with Gasteiger partial charge in [-0.3, -0.25) is 38.6 Å². The Morgan fingerprint density at radius 2 is 1.23 bits per heavy atom. The average Bonchev–Trinajstić information content (AvgIpc) is 3.04. The van der Waals surface area contributed by atoms with Crippen molar-refractivity contribution in [2.45, 2.75) is 37.8 Å².